The first kappa shape index (κ1) is 27.5. The molecule has 0 saturated heterocycles. The van der Waals surface area contributed by atoms with Gasteiger partial charge in [0.2, 0.25) is 13.6 Å². The molecule has 206 valence electrons. The first-order chi connectivity index (χ1) is 18.6. The summed E-state index contributed by atoms with van der Waals surface area (Å²) in [4.78, 5) is 51.4. The van der Waals surface area contributed by atoms with Crippen LogP contribution in [0.2, 0.25) is 0 Å². The van der Waals surface area contributed by atoms with Crippen LogP contribution in [0.3, 0.4) is 0 Å². The van der Waals surface area contributed by atoms with Crippen molar-refractivity contribution in [2.45, 2.75) is 39.0 Å². The Morgan fingerprint density at radius 2 is 1.41 bits per heavy atom. The fraction of sp³-hybridized carbons (Fsp3) is 0.357. The number of ketones is 1. The number of aliphatic carboxylic acids is 3. The Balaban J connectivity index is 1.93. The molecule has 0 saturated carbocycles. The van der Waals surface area contributed by atoms with E-state index in [1.54, 1.807) is 18.2 Å². The maximum Gasteiger partial charge on any atom is 0.317 e. The molecule has 0 spiro atoms. The van der Waals surface area contributed by atoms with Gasteiger partial charge in [0.15, 0.2) is 28.8 Å². The van der Waals surface area contributed by atoms with Crippen LogP contribution in [0.25, 0.3) is 6.08 Å². The predicted octanol–water partition coefficient (Wildman–Crippen LogP) is 3.95. The largest absolute Gasteiger partial charge is 0.481 e. The first-order valence-electron chi connectivity index (χ1n) is 12.3. The van der Waals surface area contributed by atoms with Crippen molar-refractivity contribution in [3.63, 3.8) is 0 Å². The van der Waals surface area contributed by atoms with E-state index >= 15 is 0 Å². The third-order valence-electron chi connectivity index (χ3n) is 7.25. The number of hydrogen-bond donors (Lipinski definition) is 3. The van der Waals surface area contributed by atoms with Gasteiger partial charge in [-0.15, -0.1) is 0 Å². The smallest absolute Gasteiger partial charge is 0.317 e. The Kier molecular flexibility index (Phi) is 7.80. The van der Waals surface area contributed by atoms with Crippen molar-refractivity contribution < 1.29 is 53.4 Å². The number of ether oxygens (including phenoxy) is 4. The highest BCUT2D eigenvalue weighted by Gasteiger charge is 2.48. The Morgan fingerprint density at radius 1 is 0.846 bits per heavy atom. The number of carboxylic acids is 3. The van der Waals surface area contributed by atoms with Crippen molar-refractivity contribution in [3.05, 3.63) is 53.1 Å². The van der Waals surface area contributed by atoms with E-state index in [1.807, 2.05) is 0 Å². The van der Waals surface area contributed by atoms with E-state index in [0.29, 0.717) is 28.6 Å². The normalized spacial score (nSPS) is 15.5. The molecule has 2 aromatic rings. The average Bonchev–Trinajstić information content (AvgIpc) is 3.56. The number of carbonyl (C=O) groups excluding carboxylic acids is 1. The van der Waals surface area contributed by atoms with Crippen LogP contribution in [-0.2, 0) is 19.2 Å². The number of benzene rings is 2. The molecule has 2 atom stereocenters. The highest BCUT2D eigenvalue weighted by molar-refractivity contribution is 6.15. The predicted molar refractivity (Wildman–Crippen MR) is 135 cm³/mol. The Morgan fingerprint density at radius 3 is 1.95 bits per heavy atom. The summed E-state index contributed by atoms with van der Waals surface area (Å²) in [5.74, 6) is -6.49. The second-order valence-electron chi connectivity index (χ2n) is 9.27. The van der Waals surface area contributed by atoms with Gasteiger partial charge in [-0.25, -0.2) is 0 Å². The van der Waals surface area contributed by atoms with Gasteiger partial charge in [-0.1, -0.05) is 26.0 Å². The SMILES string of the molecule is CCC(CC)(C(=O)O)C(=O)C(=Cc1ccc2c(c1)OCO2)[C@@H](C(=O)O)C(CC(=O)O)c1ccc2c(c1)OCO2. The lowest BCUT2D eigenvalue weighted by Crippen LogP contribution is -2.42. The minimum absolute atomic E-state index is 0.00929. The van der Waals surface area contributed by atoms with Crippen LogP contribution in [0, 0.1) is 11.3 Å². The van der Waals surface area contributed by atoms with Gasteiger partial charge in [-0.05, 0) is 54.3 Å². The highest BCUT2D eigenvalue weighted by Crippen LogP contribution is 2.43. The molecule has 0 amide bonds. The Labute approximate surface area is 223 Å². The molecule has 2 aliphatic heterocycles. The summed E-state index contributed by atoms with van der Waals surface area (Å²) in [6, 6.07) is 9.24. The van der Waals surface area contributed by atoms with E-state index in [4.69, 9.17) is 18.9 Å². The van der Waals surface area contributed by atoms with Crippen LogP contribution in [-0.4, -0.2) is 52.6 Å². The molecule has 0 radical (unpaired) electrons. The van der Waals surface area contributed by atoms with Crippen LogP contribution in [0.5, 0.6) is 23.0 Å². The lowest BCUT2D eigenvalue weighted by atomic mass is 9.69. The monoisotopic (exact) mass is 540 g/mol. The lowest BCUT2D eigenvalue weighted by molar-refractivity contribution is -0.156. The summed E-state index contributed by atoms with van der Waals surface area (Å²) < 4.78 is 21.4. The van der Waals surface area contributed by atoms with Crippen molar-refractivity contribution in [1.29, 1.82) is 0 Å². The van der Waals surface area contributed by atoms with Gasteiger partial charge >= 0.3 is 17.9 Å². The van der Waals surface area contributed by atoms with Crippen molar-refractivity contribution in [3.8, 4) is 23.0 Å². The number of fused-ring (bicyclic) bond motifs is 2. The Bertz CT molecular complexity index is 1340. The maximum absolute atomic E-state index is 14.1. The van der Waals surface area contributed by atoms with Gasteiger partial charge in [-0.2, -0.15) is 0 Å². The summed E-state index contributed by atoms with van der Waals surface area (Å²) in [7, 11) is 0. The van der Waals surface area contributed by atoms with E-state index < -0.39 is 47.4 Å². The molecule has 11 nitrogen and oxygen atoms in total. The fourth-order valence-electron chi connectivity index (χ4n) is 5.01. The molecule has 2 aliphatic rings. The van der Waals surface area contributed by atoms with E-state index in [0.717, 1.165) is 0 Å². The van der Waals surface area contributed by atoms with Crippen LogP contribution < -0.4 is 18.9 Å². The molecular weight excluding hydrogens is 512 g/mol. The summed E-state index contributed by atoms with van der Waals surface area (Å²) in [5.41, 5.74) is -1.61. The van der Waals surface area contributed by atoms with Gasteiger partial charge in [-0.3, -0.25) is 19.2 Å². The molecule has 4 rings (SSSR count). The number of hydrogen-bond acceptors (Lipinski definition) is 8. The summed E-state index contributed by atoms with van der Waals surface area (Å²) >= 11 is 0. The quantitative estimate of drug-likeness (QED) is 0.263. The Hall–Kier alpha value is -4.54. The van der Waals surface area contributed by atoms with Crippen LogP contribution in [0.1, 0.15) is 50.2 Å². The molecule has 0 bridgehead atoms. The van der Waals surface area contributed by atoms with Gasteiger partial charge in [0.25, 0.3) is 0 Å². The molecule has 1 unspecified atom stereocenters. The molecule has 0 aliphatic carbocycles. The fourth-order valence-corrected chi connectivity index (χ4v) is 5.01. The third-order valence-corrected chi connectivity index (χ3v) is 7.25. The standard InChI is InChI=1S/C28H28O11/c1-3-28(4-2,27(34)35)25(31)18(9-15-5-7-19-21(10-15)38-13-36-19)24(26(32)33)17(12-23(29)30)16-6-8-20-22(11-16)39-14-37-20/h5-11,17,24H,3-4,12-14H2,1-2H3,(H,29,30)(H,32,33)(H,34,35)/t17?,24-/m0/s1. The van der Waals surface area contributed by atoms with Gasteiger partial charge < -0.3 is 34.3 Å². The van der Waals surface area contributed by atoms with Crippen LogP contribution in [0.4, 0.5) is 0 Å². The molecule has 3 N–H and O–H groups in total. The van der Waals surface area contributed by atoms with Crippen molar-refractivity contribution in [2.24, 2.45) is 11.3 Å². The van der Waals surface area contributed by atoms with Gasteiger partial charge in [0.1, 0.15) is 5.41 Å². The average molecular weight is 541 g/mol. The molecule has 2 heterocycles. The number of carbonyl (C=O) groups is 4. The van der Waals surface area contributed by atoms with E-state index in [-0.39, 0.29) is 37.6 Å². The third kappa shape index (κ3) is 5.25. The van der Waals surface area contributed by atoms with E-state index in [1.165, 1.54) is 38.1 Å². The molecule has 2 aromatic carbocycles. The van der Waals surface area contributed by atoms with Crippen molar-refractivity contribution in [2.75, 3.05) is 13.6 Å². The summed E-state index contributed by atoms with van der Waals surface area (Å²) in [6.45, 7) is 3.02. The van der Waals surface area contributed by atoms with Gasteiger partial charge in [0, 0.05) is 11.5 Å². The van der Waals surface area contributed by atoms with Crippen LogP contribution in [0.15, 0.2) is 42.0 Å². The van der Waals surface area contributed by atoms with Crippen LogP contribution >= 0.6 is 0 Å². The molecule has 11 heteroatoms. The zero-order chi connectivity index (χ0) is 28.3. The number of carboxylic acid groups (broad SMARTS) is 3. The molecule has 39 heavy (non-hydrogen) atoms. The topological polar surface area (TPSA) is 166 Å². The summed E-state index contributed by atoms with van der Waals surface area (Å²) in [6.07, 6.45) is 0.445. The second-order valence-corrected chi connectivity index (χ2v) is 9.27. The van der Waals surface area contributed by atoms with Crippen molar-refractivity contribution in [1.82, 2.24) is 0 Å². The number of Topliss-reactive ketones (excluding diaryl/α,β-unsaturated/α-hetero) is 1. The molecule has 0 aromatic heterocycles. The van der Waals surface area contributed by atoms with E-state index in [9.17, 15) is 34.5 Å². The zero-order valence-corrected chi connectivity index (χ0v) is 21.3. The second kappa shape index (κ2) is 11.1. The maximum atomic E-state index is 14.1. The van der Waals surface area contributed by atoms with Gasteiger partial charge in [0.05, 0.1) is 12.3 Å². The molecular formula is C28H28O11. The minimum atomic E-state index is -1.92. The minimum Gasteiger partial charge on any atom is -0.481 e. The van der Waals surface area contributed by atoms with E-state index in [2.05, 4.69) is 0 Å². The van der Waals surface area contributed by atoms with Crippen molar-refractivity contribution >= 4 is 29.8 Å². The highest BCUT2D eigenvalue weighted by atomic mass is 16.7. The number of rotatable bonds is 12. The zero-order valence-electron chi connectivity index (χ0n) is 21.3. The summed E-state index contributed by atoms with van der Waals surface area (Å²) in [5, 5.41) is 30.3. The first-order valence-corrected chi connectivity index (χ1v) is 12.3. The molecule has 0 fully saturated rings. The lowest BCUT2D eigenvalue weighted by Gasteiger charge is -2.31.